The predicted octanol–water partition coefficient (Wildman–Crippen LogP) is 2.47. The van der Waals surface area contributed by atoms with E-state index in [9.17, 15) is 17.6 Å². The minimum Gasteiger partial charge on any atom is -0.330 e. The first kappa shape index (κ1) is 21.3. The van der Waals surface area contributed by atoms with Crippen molar-refractivity contribution in [3.8, 4) is 0 Å². The van der Waals surface area contributed by atoms with Crippen molar-refractivity contribution < 1.29 is 17.6 Å². The van der Waals surface area contributed by atoms with Crippen LogP contribution in [-0.4, -0.2) is 38.3 Å². The third kappa shape index (κ3) is 4.84. The molecule has 0 bridgehead atoms. The van der Waals surface area contributed by atoms with Crippen LogP contribution in [0.2, 0.25) is 0 Å². The lowest BCUT2D eigenvalue weighted by atomic mass is 10.1. The van der Waals surface area contributed by atoms with Crippen LogP contribution in [0.4, 0.5) is 10.1 Å². The number of nitrogens with zero attached hydrogens (tertiary/aromatic N) is 1. The fourth-order valence-electron chi connectivity index (χ4n) is 2.87. The highest BCUT2D eigenvalue weighted by molar-refractivity contribution is 7.89. The molecule has 27 heavy (non-hydrogen) atoms. The van der Waals surface area contributed by atoms with E-state index in [1.807, 2.05) is 0 Å². The smallest absolute Gasteiger partial charge is 0.255 e. The van der Waals surface area contributed by atoms with Crippen LogP contribution >= 0.6 is 12.4 Å². The fraction of sp³-hybridized carbons (Fsp3) is 0.278. The molecule has 1 atom stereocenters. The van der Waals surface area contributed by atoms with E-state index in [0.29, 0.717) is 30.9 Å². The Balaban J connectivity index is 0.00000261. The Morgan fingerprint density at radius 2 is 1.78 bits per heavy atom. The largest absolute Gasteiger partial charge is 0.330 e. The minimum absolute atomic E-state index is 0. The molecule has 2 aromatic carbocycles. The van der Waals surface area contributed by atoms with Crippen molar-refractivity contribution >= 4 is 34.0 Å². The van der Waals surface area contributed by atoms with Crippen molar-refractivity contribution in [2.24, 2.45) is 11.7 Å². The van der Waals surface area contributed by atoms with Crippen molar-refractivity contribution in [3.63, 3.8) is 0 Å². The Labute approximate surface area is 164 Å². The van der Waals surface area contributed by atoms with Crippen molar-refractivity contribution in [2.45, 2.75) is 11.3 Å². The van der Waals surface area contributed by atoms with E-state index >= 15 is 0 Å². The van der Waals surface area contributed by atoms with Crippen molar-refractivity contribution in [1.29, 1.82) is 0 Å². The highest BCUT2D eigenvalue weighted by Gasteiger charge is 2.31. The quantitative estimate of drug-likeness (QED) is 0.787. The molecular weight excluding hydrogens is 393 g/mol. The first-order chi connectivity index (χ1) is 12.4. The monoisotopic (exact) mass is 413 g/mol. The SMILES string of the molecule is Cl.NCC1CCN(S(=O)(=O)c2ccc(NC(=O)c3ccc(F)cc3)cc2)C1. The summed E-state index contributed by atoms with van der Waals surface area (Å²) in [5.41, 5.74) is 6.39. The van der Waals surface area contributed by atoms with Gasteiger partial charge in [0, 0.05) is 24.3 Å². The average Bonchev–Trinajstić information content (AvgIpc) is 3.13. The number of hydrogen-bond donors (Lipinski definition) is 2. The van der Waals surface area contributed by atoms with Gasteiger partial charge in [-0.2, -0.15) is 4.31 Å². The number of nitrogens with one attached hydrogen (secondary N) is 1. The maximum Gasteiger partial charge on any atom is 0.255 e. The molecule has 1 saturated heterocycles. The molecule has 1 fully saturated rings. The summed E-state index contributed by atoms with van der Waals surface area (Å²) in [5.74, 6) is -0.625. The summed E-state index contributed by atoms with van der Waals surface area (Å²) in [5, 5.41) is 2.66. The van der Waals surface area contributed by atoms with Crippen molar-refractivity contribution in [2.75, 3.05) is 25.0 Å². The molecule has 0 aromatic heterocycles. The number of hydrogen-bond acceptors (Lipinski definition) is 4. The zero-order chi connectivity index (χ0) is 18.7. The number of nitrogens with two attached hydrogens (primary N) is 1. The molecule has 1 aliphatic heterocycles. The first-order valence-corrected chi connectivity index (χ1v) is 9.71. The number of sulfonamides is 1. The number of amides is 1. The minimum atomic E-state index is -3.56. The third-order valence-corrected chi connectivity index (χ3v) is 6.32. The van der Waals surface area contributed by atoms with E-state index in [-0.39, 0.29) is 23.2 Å². The van der Waals surface area contributed by atoms with Gasteiger partial charge < -0.3 is 11.1 Å². The normalized spacial score (nSPS) is 17.3. The van der Waals surface area contributed by atoms with Crippen molar-refractivity contribution in [1.82, 2.24) is 4.31 Å². The van der Waals surface area contributed by atoms with Gasteiger partial charge >= 0.3 is 0 Å². The molecule has 3 rings (SSSR count). The van der Waals surface area contributed by atoms with Crippen LogP contribution in [0.15, 0.2) is 53.4 Å². The van der Waals surface area contributed by atoms with E-state index in [1.165, 1.54) is 52.8 Å². The van der Waals surface area contributed by atoms with Crippen LogP contribution in [0.5, 0.6) is 0 Å². The zero-order valence-corrected chi connectivity index (χ0v) is 16.1. The Hall–Kier alpha value is -2.00. The number of halogens is 2. The molecule has 0 spiro atoms. The number of carbonyl (C=O) groups excluding carboxylic acids is 1. The van der Waals surface area contributed by atoms with Gasteiger partial charge in [0.15, 0.2) is 0 Å². The topological polar surface area (TPSA) is 92.5 Å². The summed E-state index contributed by atoms with van der Waals surface area (Å²) in [6.07, 6.45) is 0.765. The molecule has 0 radical (unpaired) electrons. The molecule has 1 heterocycles. The molecule has 1 aliphatic rings. The second-order valence-electron chi connectivity index (χ2n) is 6.24. The first-order valence-electron chi connectivity index (χ1n) is 8.27. The van der Waals surface area contributed by atoms with Crippen LogP contribution in [-0.2, 0) is 10.0 Å². The molecule has 6 nitrogen and oxygen atoms in total. The summed E-state index contributed by atoms with van der Waals surface area (Å²) in [6.45, 7) is 1.37. The molecule has 146 valence electrons. The standard InChI is InChI=1S/C18H20FN3O3S.ClH/c19-15-3-1-14(2-4-15)18(23)21-16-5-7-17(8-6-16)26(24,25)22-10-9-13(11-20)12-22;/h1-8,13H,9-12,20H2,(H,21,23);1H. The molecule has 9 heteroatoms. The predicted molar refractivity (Wildman–Crippen MR) is 104 cm³/mol. The molecule has 3 N–H and O–H groups in total. The highest BCUT2D eigenvalue weighted by atomic mass is 35.5. The van der Waals surface area contributed by atoms with Gasteiger partial charge in [-0.25, -0.2) is 12.8 Å². The van der Waals surface area contributed by atoms with Crippen LogP contribution < -0.4 is 11.1 Å². The van der Waals surface area contributed by atoms with E-state index < -0.39 is 21.7 Å². The lowest BCUT2D eigenvalue weighted by Gasteiger charge is -2.16. The molecule has 1 amide bonds. The van der Waals surface area contributed by atoms with E-state index in [0.717, 1.165) is 6.42 Å². The van der Waals surface area contributed by atoms with Crippen LogP contribution in [0.1, 0.15) is 16.8 Å². The Kier molecular flexibility index (Phi) is 6.94. The number of carbonyl (C=O) groups is 1. The van der Waals surface area contributed by atoms with Gasteiger partial charge in [-0.05, 0) is 67.4 Å². The Morgan fingerprint density at radius 1 is 1.15 bits per heavy atom. The molecule has 1 unspecified atom stereocenters. The van der Waals surface area contributed by atoms with Gasteiger partial charge in [-0.1, -0.05) is 0 Å². The number of rotatable bonds is 5. The average molecular weight is 414 g/mol. The Bertz CT molecular complexity index is 889. The van der Waals surface area contributed by atoms with Gasteiger partial charge in [-0.3, -0.25) is 4.79 Å². The van der Waals surface area contributed by atoms with Gasteiger partial charge in [0.1, 0.15) is 5.82 Å². The van der Waals surface area contributed by atoms with Crippen molar-refractivity contribution in [3.05, 3.63) is 59.9 Å². The number of benzene rings is 2. The molecule has 0 saturated carbocycles. The third-order valence-electron chi connectivity index (χ3n) is 4.44. The second-order valence-corrected chi connectivity index (χ2v) is 8.18. The maximum atomic E-state index is 12.9. The zero-order valence-electron chi connectivity index (χ0n) is 14.5. The summed E-state index contributed by atoms with van der Waals surface area (Å²) in [4.78, 5) is 12.3. The fourth-order valence-corrected chi connectivity index (χ4v) is 4.40. The summed E-state index contributed by atoms with van der Waals surface area (Å²) >= 11 is 0. The van der Waals surface area contributed by atoms with Gasteiger partial charge in [-0.15, -0.1) is 12.4 Å². The summed E-state index contributed by atoms with van der Waals surface area (Å²) in [6, 6.07) is 11.2. The number of anilines is 1. The highest BCUT2D eigenvalue weighted by Crippen LogP contribution is 2.24. The van der Waals surface area contributed by atoms with Gasteiger partial charge in [0.05, 0.1) is 4.90 Å². The van der Waals surface area contributed by atoms with E-state index in [4.69, 9.17) is 5.73 Å². The molecular formula is C18H21ClFN3O3S. The summed E-state index contributed by atoms with van der Waals surface area (Å²) < 4.78 is 39.6. The summed E-state index contributed by atoms with van der Waals surface area (Å²) in [7, 11) is -3.56. The van der Waals surface area contributed by atoms with Crippen LogP contribution in [0.3, 0.4) is 0 Å². The Morgan fingerprint density at radius 3 is 2.33 bits per heavy atom. The maximum absolute atomic E-state index is 12.9. The van der Waals surface area contributed by atoms with Crippen LogP contribution in [0.25, 0.3) is 0 Å². The second kappa shape index (κ2) is 8.79. The van der Waals surface area contributed by atoms with Gasteiger partial charge in [0.25, 0.3) is 5.91 Å². The lowest BCUT2D eigenvalue weighted by molar-refractivity contribution is 0.102. The molecule has 2 aromatic rings. The lowest BCUT2D eigenvalue weighted by Crippen LogP contribution is -2.30. The van der Waals surface area contributed by atoms with Crippen LogP contribution in [0, 0.1) is 11.7 Å². The van der Waals surface area contributed by atoms with E-state index in [1.54, 1.807) is 0 Å². The molecule has 0 aliphatic carbocycles. The van der Waals surface area contributed by atoms with Gasteiger partial charge in [0.2, 0.25) is 10.0 Å². The van der Waals surface area contributed by atoms with E-state index in [2.05, 4.69) is 5.32 Å².